The number of hydrogen-bond donors (Lipinski definition) is 1. The van der Waals surface area contributed by atoms with Crippen molar-refractivity contribution >= 4 is 11.9 Å². The molecule has 1 amide bonds. The summed E-state index contributed by atoms with van der Waals surface area (Å²) in [5.74, 6) is -1.42. The van der Waals surface area contributed by atoms with E-state index in [1.54, 1.807) is 20.8 Å². The molecule has 0 radical (unpaired) electrons. The van der Waals surface area contributed by atoms with Crippen molar-refractivity contribution < 1.29 is 23.8 Å². The van der Waals surface area contributed by atoms with E-state index in [1.807, 2.05) is 0 Å². The van der Waals surface area contributed by atoms with E-state index in [-0.39, 0.29) is 24.9 Å². The summed E-state index contributed by atoms with van der Waals surface area (Å²) in [6.07, 6.45) is 0. The Balaban J connectivity index is 2.26. The van der Waals surface area contributed by atoms with Gasteiger partial charge in [-0.05, 0) is 13.8 Å². The van der Waals surface area contributed by atoms with Crippen LogP contribution in [0.15, 0.2) is 4.42 Å². The number of ether oxygens (including phenoxy) is 1. The van der Waals surface area contributed by atoms with Gasteiger partial charge in [-0.25, -0.2) is 4.98 Å². The first-order chi connectivity index (χ1) is 9.45. The van der Waals surface area contributed by atoms with E-state index in [4.69, 9.17) is 9.15 Å². The number of oxazole rings is 1. The minimum absolute atomic E-state index is 0.123. The van der Waals surface area contributed by atoms with Crippen molar-refractivity contribution in [2.75, 3.05) is 19.8 Å². The van der Waals surface area contributed by atoms with E-state index in [0.717, 1.165) is 0 Å². The average Bonchev–Trinajstić information content (AvgIpc) is 2.97. The van der Waals surface area contributed by atoms with Crippen molar-refractivity contribution in [2.24, 2.45) is 5.92 Å². The second-order valence-corrected chi connectivity index (χ2v) is 4.79. The first kappa shape index (κ1) is 14.5. The fourth-order valence-corrected chi connectivity index (χ4v) is 2.47. The first-order valence-corrected chi connectivity index (χ1v) is 6.51. The third kappa shape index (κ3) is 2.53. The van der Waals surface area contributed by atoms with Crippen LogP contribution in [-0.2, 0) is 9.53 Å². The van der Waals surface area contributed by atoms with Gasteiger partial charge >= 0.3 is 5.97 Å². The second kappa shape index (κ2) is 5.62. The largest absolute Gasteiger partial charge is 0.481 e. The summed E-state index contributed by atoms with van der Waals surface area (Å²) in [5, 5.41) is 9.19. The van der Waals surface area contributed by atoms with Crippen molar-refractivity contribution in [1.29, 1.82) is 0 Å². The lowest BCUT2D eigenvalue weighted by atomic mass is 10.0. The zero-order valence-electron chi connectivity index (χ0n) is 11.8. The molecule has 1 aromatic rings. The van der Waals surface area contributed by atoms with Crippen LogP contribution in [-0.4, -0.2) is 52.7 Å². The van der Waals surface area contributed by atoms with Gasteiger partial charge in [0.15, 0.2) is 5.89 Å². The summed E-state index contributed by atoms with van der Waals surface area (Å²) >= 11 is 0. The molecule has 2 heterocycles. The zero-order chi connectivity index (χ0) is 14.9. The van der Waals surface area contributed by atoms with Gasteiger partial charge in [0.2, 0.25) is 5.76 Å². The highest BCUT2D eigenvalue weighted by Crippen LogP contribution is 2.23. The van der Waals surface area contributed by atoms with Gasteiger partial charge in [0, 0.05) is 13.5 Å². The van der Waals surface area contributed by atoms with Crippen LogP contribution in [0.1, 0.15) is 29.1 Å². The number of nitrogens with zero attached hydrogens (tertiary/aromatic N) is 2. The monoisotopic (exact) mass is 282 g/mol. The number of hydrogen-bond acceptors (Lipinski definition) is 5. The summed E-state index contributed by atoms with van der Waals surface area (Å²) in [6, 6.07) is -0.477. The van der Waals surface area contributed by atoms with Crippen molar-refractivity contribution in [3.63, 3.8) is 0 Å². The molecule has 0 bridgehead atoms. The van der Waals surface area contributed by atoms with E-state index in [2.05, 4.69) is 4.98 Å². The van der Waals surface area contributed by atoms with Crippen LogP contribution in [0, 0.1) is 19.8 Å². The molecule has 1 aliphatic heterocycles. The van der Waals surface area contributed by atoms with Gasteiger partial charge in [-0.2, -0.15) is 0 Å². The maximum absolute atomic E-state index is 12.5. The molecule has 2 atom stereocenters. The molecule has 7 nitrogen and oxygen atoms in total. The van der Waals surface area contributed by atoms with Crippen molar-refractivity contribution in [1.82, 2.24) is 9.88 Å². The Kier molecular flexibility index (Phi) is 4.08. The molecule has 1 fully saturated rings. The molecule has 2 unspecified atom stereocenters. The highest BCUT2D eigenvalue weighted by Gasteiger charge is 2.40. The molecule has 0 spiro atoms. The molecule has 0 aromatic carbocycles. The zero-order valence-corrected chi connectivity index (χ0v) is 11.8. The number of rotatable bonds is 4. The minimum atomic E-state index is -0.954. The number of carbonyl (C=O) groups is 2. The summed E-state index contributed by atoms with van der Waals surface area (Å²) < 4.78 is 10.5. The maximum Gasteiger partial charge on any atom is 0.311 e. The number of carbonyl (C=O) groups excluding carboxylic acids is 1. The fourth-order valence-electron chi connectivity index (χ4n) is 2.47. The molecule has 0 aliphatic carbocycles. The minimum Gasteiger partial charge on any atom is -0.481 e. The normalized spacial score (nSPS) is 21.9. The van der Waals surface area contributed by atoms with Crippen LogP contribution in [0.4, 0.5) is 0 Å². The number of likely N-dealkylation sites (N-methyl/N-ethyl adjacent to an activating group) is 1. The van der Waals surface area contributed by atoms with Crippen molar-refractivity contribution in [3.8, 4) is 0 Å². The molecule has 1 saturated heterocycles. The van der Waals surface area contributed by atoms with E-state index in [0.29, 0.717) is 18.1 Å². The molecule has 0 saturated carbocycles. The van der Waals surface area contributed by atoms with Crippen LogP contribution in [0.5, 0.6) is 0 Å². The Morgan fingerprint density at radius 2 is 2.10 bits per heavy atom. The van der Waals surface area contributed by atoms with Crippen LogP contribution in [0.25, 0.3) is 0 Å². The smallest absolute Gasteiger partial charge is 0.311 e. The van der Waals surface area contributed by atoms with E-state index >= 15 is 0 Å². The topological polar surface area (TPSA) is 92.9 Å². The van der Waals surface area contributed by atoms with Crippen molar-refractivity contribution in [3.05, 3.63) is 17.3 Å². The van der Waals surface area contributed by atoms with Crippen LogP contribution >= 0.6 is 0 Å². The van der Waals surface area contributed by atoms with Crippen LogP contribution in [0.2, 0.25) is 0 Å². The Labute approximate surface area is 116 Å². The molecular weight excluding hydrogens is 264 g/mol. The lowest BCUT2D eigenvalue weighted by Gasteiger charge is -2.28. The number of aliphatic carboxylic acids is 1. The summed E-state index contributed by atoms with van der Waals surface area (Å²) in [7, 11) is 0. The van der Waals surface area contributed by atoms with Gasteiger partial charge in [-0.15, -0.1) is 0 Å². The Hall–Kier alpha value is -1.89. The summed E-state index contributed by atoms with van der Waals surface area (Å²) in [4.78, 5) is 29.3. The Morgan fingerprint density at radius 1 is 1.40 bits per heavy atom. The second-order valence-electron chi connectivity index (χ2n) is 4.79. The standard InChI is InChI=1S/C13H18N2O5/c1-4-15(10-6-19-5-9(10)13(17)18)12(16)11-7(2)14-8(3)20-11/h9-10H,4-6H2,1-3H3,(H,17,18). The first-order valence-electron chi connectivity index (χ1n) is 6.51. The highest BCUT2D eigenvalue weighted by atomic mass is 16.5. The number of amides is 1. The van der Waals surface area contributed by atoms with Gasteiger partial charge in [0.05, 0.1) is 24.9 Å². The number of carboxylic acids is 1. The van der Waals surface area contributed by atoms with Gasteiger partial charge in [-0.3, -0.25) is 9.59 Å². The van der Waals surface area contributed by atoms with Gasteiger partial charge in [0.25, 0.3) is 5.91 Å². The van der Waals surface area contributed by atoms with Gasteiger partial charge in [-0.1, -0.05) is 0 Å². The summed E-state index contributed by atoms with van der Waals surface area (Å²) in [5.41, 5.74) is 0.511. The van der Waals surface area contributed by atoms with Gasteiger partial charge in [0.1, 0.15) is 5.92 Å². The van der Waals surface area contributed by atoms with Crippen LogP contribution in [0.3, 0.4) is 0 Å². The number of aryl methyl sites for hydroxylation is 2. The molecule has 20 heavy (non-hydrogen) atoms. The van der Waals surface area contributed by atoms with Gasteiger partial charge < -0.3 is 19.2 Å². The molecule has 110 valence electrons. The molecule has 7 heteroatoms. The Bertz CT molecular complexity index is 525. The number of carboxylic acid groups (broad SMARTS) is 1. The average molecular weight is 282 g/mol. The molecule has 1 aromatic heterocycles. The quantitative estimate of drug-likeness (QED) is 0.880. The Morgan fingerprint density at radius 3 is 2.60 bits per heavy atom. The highest BCUT2D eigenvalue weighted by molar-refractivity contribution is 5.93. The third-order valence-corrected chi connectivity index (χ3v) is 3.47. The van der Waals surface area contributed by atoms with E-state index < -0.39 is 17.9 Å². The predicted molar refractivity (Wildman–Crippen MR) is 68.4 cm³/mol. The maximum atomic E-state index is 12.5. The predicted octanol–water partition coefficient (Wildman–Crippen LogP) is 0.853. The molecule has 1 N–H and O–H groups in total. The molecular formula is C13H18N2O5. The van der Waals surface area contributed by atoms with Crippen LogP contribution < -0.4 is 0 Å². The number of aromatic nitrogens is 1. The fraction of sp³-hybridized carbons (Fsp3) is 0.615. The molecule has 2 rings (SSSR count). The molecule has 1 aliphatic rings. The lowest BCUT2D eigenvalue weighted by Crippen LogP contribution is -2.46. The lowest BCUT2D eigenvalue weighted by molar-refractivity contribution is -0.142. The van der Waals surface area contributed by atoms with E-state index in [1.165, 1.54) is 4.90 Å². The van der Waals surface area contributed by atoms with E-state index in [9.17, 15) is 14.7 Å². The SMILES string of the molecule is CCN(C(=O)c1oc(C)nc1C)C1COCC1C(=O)O. The summed E-state index contributed by atoms with van der Waals surface area (Å²) in [6.45, 7) is 5.89. The third-order valence-electron chi connectivity index (χ3n) is 3.47. The van der Waals surface area contributed by atoms with Crippen molar-refractivity contribution in [2.45, 2.75) is 26.8 Å².